The highest BCUT2D eigenvalue weighted by Gasteiger charge is 2.20. The van der Waals surface area contributed by atoms with Gasteiger partial charge in [-0.25, -0.2) is 4.98 Å². The van der Waals surface area contributed by atoms with Gasteiger partial charge in [-0.2, -0.15) is 0 Å². The van der Waals surface area contributed by atoms with Crippen molar-refractivity contribution in [3.8, 4) is 0 Å². The number of anilines is 2. The number of benzene rings is 1. The third kappa shape index (κ3) is 3.03. The minimum absolute atomic E-state index is 0.0771. The number of nitrogens with zero attached hydrogens (tertiary/aromatic N) is 4. The van der Waals surface area contributed by atoms with Crippen LogP contribution in [0, 0.1) is 0 Å². The van der Waals surface area contributed by atoms with E-state index in [1.165, 1.54) is 4.57 Å². The van der Waals surface area contributed by atoms with Crippen molar-refractivity contribution in [1.82, 2.24) is 9.55 Å². The third-order valence-corrected chi connectivity index (χ3v) is 4.09. The van der Waals surface area contributed by atoms with E-state index in [2.05, 4.69) is 9.88 Å². The minimum atomic E-state index is -0.424. The third-order valence-electron chi connectivity index (χ3n) is 4.09. The van der Waals surface area contributed by atoms with E-state index >= 15 is 0 Å². The number of carbonyl (C=O) groups is 1. The van der Waals surface area contributed by atoms with Crippen LogP contribution in [0.25, 0.3) is 0 Å². The Morgan fingerprint density at radius 1 is 1.09 bits per heavy atom. The van der Waals surface area contributed by atoms with Gasteiger partial charge in [-0.1, -0.05) is 0 Å². The van der Waals surface area contributed by atoms with Crippen LogP contribution in [0.3, 0.4) is 0 Å². The fourth-order valence-electron chi connectivity index (χ4n) is 2.71. The summed E-state index contributed by atoms with van der Waals surface area (Å²) in [6.07, 6.45) is 3.30. The normalized spacial score (nSPS) is 14.8. The summed E-state index contributed by atoms with van der Waals surface area (Å²) in [7, 11) is 1.73. The molecule has 2 heterocycles. The smallest absolute Gasteiger partial charge is 0.293 e. The van der Waals surface area contributed by atoms with E-state index in [4.69, 9.17) is 5.73 Å². The molecule has 0 atom stereocenters. The van der Waals surface area contributed by atoms with Crippen molar-refractivity contribution in [3.63, 3.8) is 0 Å². The lowest BCUT2D eigenvalue weighted by Crippen LogP contribution is -2.48. The van der Waals surface area contributed by atoms with Crippen LogP contribution in [0.2, 0.25) is 0 Å². The highest BCUT2D eigenvalue weighted by molar-refractivity contribution is 5.93. The Hall–Kier alpha value is -2.83. The van der Waals surface area contributed by atoms with Crippen molar-refractivity contribution in [1.29, 1.82) is 0 Å². The van der Waals surface area contributed by atoms with Gasteiger partial charge in [0.25, 0.3) is 5.56 Å². The Balaban J connectivity index is 1.69. The number of piperazine rings is 1. The second-order valence-corrected chi connectivity index (χ2v) is 5.55. The highest BCUT2D eigenvalue weighted by atomic mass is 16.1. The SMILES string of the molecule is Cn1ccnc(N2CCN(c3ccc(C(N)=O)cc3)CC2)c1=O. The Bertz CT molecular complexity index is 761. The molecule has 7 heteroatoms. The van der Waals surface area contributed by atoms with Crippen LogP contribution in [0.15, 0.2) is 41.5 Å². The molecule has 23 heavy (non-hydrogen) atoms. The first-order valence-electron chi connectivity index (χ1n) is 7.47. The van der Waals surface area contributed by atoms with Crippen molar-refractivity contribution in [2.24, 2.45) is 12.8 Å². The lowest BCUT2D eigenvalue weighted by molar-refractivity contribution is 0.100. The molecule has 7 nitrogen and oxygen atoms in total. The summed E-state index contributed by atoms with van der Waals surface area (Å²) < 4.78 is 1.54. The average molecular weight is 313 g/mol. The molecule has 1 aliphatic rings. The van der Waals surface area contributed by atoms with Gasteiger partial charge in [0.2, 0.25) is 5.91 Å². The predicted molar refractivity (Wildman–Crippen MR) is 88.9 cm³/mol. The zero-order chi connectivity index (χ0) is 16.4. The van der Waals surface area contributed by atoms with Crippen LogP contribution in [0.1, 0.15) is 10.4 Å². The summed E-state index contributed by atoms with van der Waals surface area (Å²) in [6.45, 7) is 3.03. The maximum atomic E-state index is 12.1. The Kier molecular flexibility index (Phi) is 4.01. The number of rotatable bonds is 3. The summed E-state index contributed by atoms with van der Waals surface area (Å²) in [4.78, 5) is 31.7. The first kappa shape index (κ1) is 15.1. The molecule has 1 saturated heterocycles. The van der Waals surface area contributed by atoms with Gasteiger partial charge in [0.15, 0.2) is 5.82 Å². The van der Waals surface area contributed by atoms with Gasteiger partial charge < -0.3 is 20.1 Å². The fraction of sp³-hybridized carbons (Fsp3) is 0.312. The Morgan fingerprint density at radius 2 is 1.70 bits per heavy atom. The number of carbonyl (C=O) groups excluding carboxylic acids is 1. The predicted octanol–water partition coefficient (Wildman–Crippen LogP) is 0.206. The zero-order valence-corrected chi connectivity index (χ0v) is 13.0. The van der Waals surface area contributed by atoms with E-state index in [0.29, 0.717) is 11.4 Å². The van der Waals surface area contributed by atoms with Crippen LogP contribution < -0.4 is 21.1 Å². The van der Waals surface area contributed by atoms with Crippen LogP contribution in [0.5, 0.6) is 0 Å². The zero-order valence-electron chi connectivity index (χ0n) is 13.0. The molecule has 1 aliphatic heterocycles. The highest BCUT2D eigenvalue weighted by Crippen LogP contribution is 2.18. The molecular weight excluding hydrogens is 294 g/mol. The molecular formula is C16H19N5O2. The van der Waals surface area contributed by atoms with E-state index in [-0.39, 0.29) is 5.56 Å². The van der Waals surface area contributed by atoms with Gasteiger partial charge >= 0.3 is 0 Å². The molecule has 0 bridgehead atoms. The first-order valence-corrected chi connectivity index (χ1v) is 7.47. The van der Waals surface area contributed by atoms with Gasteiger partial charge in [0.1, 0.15) is 0 Å². The molecule has 0 unspecified atom stereocenters. The number of primary amides is 1. The number of amides is 1. The van der Waals surface area contributed by atoms with Gasteiger partial charge in [0.05, 0.1) is 0 Å². The topological polar surface area (TPSA) is 84.5 Å². The molecule has 0 aliphatic carbocycles. The first-order chi connectivity index (χ1) is 11.1. The van der Waals surface area contributed by atoms with E-state index in [1.54, 1.807) is 31.6 Å². The Labute approximate surface area is 134 Å². The molecule has 0 spiro atoms. The Morgan fingerprint density at radius 3 is 2.30 bits per heavy atom. The maximum absolute atomic E-state index is 12.1. The second-order valence-electron chi connectivity index (χ2n) is 5.55. The number of hydrogen-bond acceptors (Lipinski definition) is 5. The number of nitrogens with two attached hydrogens (primary N) is 1. The number of aryl methyl sites for hydroxylation is 1. The lowest BCUT2D eigenvalue weighted by Gasteiger charge is -2.36. The molecule has 1 fully saturated rings. The van der Waals surface area contributed by atoms with E-state index in [0.717, 1.165) is 31.9 Å². The molecule has 3 rings (SSSR count). The molecule has 1 aromatic heterocycles. The van der Waals surface area contributed by atoms with Gasteiger partial charge in [-0.15, -0.1) is 0 Å². The average Bonchev–Trinajstić information content (AvgIpc) is 2.58. The summed E-state index contributed by atoms with van der Waals surface area (Å²) >= 11 is 0. The molecule has 120 valence electrons. The summed E-state index contributed by atoms with van der Waals surface area (Å²) in [6, 6.07) is 7.27. The van der Waals surface area contributed by atoms with Gasteiger partial charge in [0, 0.05) is 56.9 Å². The summed E-state index contributed by atoms with van der Waals surface area (Å²) in [5.41, 5.74) is 6.73. The largest absolute Gasteiger partial charge is 0.368 e. The van der Waals surface area contributed by atoms with Crippen molar-refractivity contribution in [2.75, 3.05) is 36.0 Å². The van der Waals surface area contributed by atoms with Crippen LogP contribution in [-0.4, -0.2) is 41.6 Å². The van der Waals surface area contributed by atoms with Crippen molar-refractivity contribution in [2.45, 2.75) is 0 Å². The number of hydrogen-bond donors (Lipinski definition) is 1. The maximum Gasteiger partial charge on any atom is 0.293 e. The molecule has 0 radical (unpaired) electrons. The molecule has 0 saturated carbocycles. The molecule has 1 amide bonds. The van der Waals surface area contributed by atoms with Gasteiger partial charge in [-0.05, 0) is 24.3 Å². The lowest BCUT2D eigenvalue weighted by atomic mass is 10.1. The molecule has 2 N–H and O–H groups in total. The minimum Gasteiger partial charge on any atom is -0.368 e. The van der Waals surface area contributed by atoms with E-state index in [9.17, 15) is 9.59 Å². The standard InChI is InChI=1S/C16H19N5O2/c1-19-7-6-18-15(16(19)23)21-10-8-20(9-11-21)13-4-2-12(3-5-13)14(17)22/h2-7H,8-11H2,1H3,(H2,17,22). The van der Waals surface area contributed by atoms with Crippen LogP contribution >= 0.6 is 0 Å². The summed E-state index contributed by atoms with van der Waals surface area (Å²) in [5.74, 6) is 0.0751. The number of aromatic nitrogens is 2. The molecule has 1 aromatic carbocycles. The van der Waals surface area contributed by atoms with Crippen molar-refractivity contribution >= 4 is 17.4 Å². The van der Waals surface area contributed by atoms with Crippen LogP contribution in [-0.2, 0) is 7.05 Å². The van der Waals surface area contributed by atoms with E-state index < -0.39 is 5.91 Å². The van der Waals surface area contributed by atoms with Crippen molar-refractivity contribution in [3.05, 3.63) is 52.6 Å². The van der Waals surface area contributed by atoms with Gasteiger partial charge in [-0.3, -0.25) is 9.59 Å². The van der Waals surface area contributed by atoms with Crippen LogP contribution in [0.4, 0.5) is 11.5 Å². The summed E-state index contributed by atoms with van der Waals surface area (Å²) in [5, 5.41) is 0. The fourth-order valence-corrected chi connectivity index (χ4v) is 2.71. The monoisotopic (exact) mass is 313 g/mol. The van der Waals surface area contributed by atoms with Crippen molar-refractivity contribution < 1.29 is 4.79 Å². The second kappa shape index (κ2) is 6.12. The van der Waals surface area contributed by atoms with E-state index in [1.807, 2.05) is 17.0 Å². The molecule has 2 aromatic rings. The quantitative estimate of drug-likeness (QED) is 0.875.